The van der Waals surface area contributed by atoms with Gasteiger partial charge in [0, 0.05) is 13.1 Å². The summed E-state index contributed by atoms with van der Waals surface area (Å²) >= 11 is 3.53. The minimum atomic E-state index is 0.166. The lowest BCUT2D eigenvalue weighted by atomic mass is 10.1. The van der Waals surface area contributed by atoms with Gasteiger partial charge in [0.05, 0.1) is 16.0 Å². The highest BCUT2D eigenvalue weighted by Crippen LogP contribution is 2.38. The number of nitrogens with two attached hydrogens (primary N) is 1. The normalized spacial score (nSPS) is 14.7. The summed E-state index contributed by atoms with van der Waals surface area (Å²) in [5, 5.41) is 10.2. The van der Waals surface area contributed by atoms with E-state index in [0.29, 0.717) is 5.25 Å². The summed E-state index contributed by atoms with van der Waals surface area (Å²) < 4.78 is 1.93. The van der Waals surface area contributed by atoms with Gasteiger partial charge in [0.2, 0.25) is 0 Å². The standard InChI is InChI=1S/C13H19N3S2/c1-4-11(14)13(10-5-6-17-8-10)18-12-7-9(2)15-16(12)3/h5-8,11,13H,4,14H2,1-3H3. The van der Waals surface area contributed by atoms with Crippen LogP contribution in [0.4, 0.5) is 0 Å². The first kappa shape index (κ1) is 13.6. The Morgan fingerprint density at radius 3 is 2.83 bits per heavy atom. The largest absolute Gasteiger partial charge is 0.326 e. The van der Waals surface area contributed by atoms with E-state index in [1.54, 1.807) is 11.3 Å². The molecule has 0 amide bonds. The van der Waals surface area contributed by atoms with E-state index in [0.717, 1.165) is 12.1 Å². The van der Waals surface area contributed by atoms with Gasteiger partial charge in [-0.1, -0.05) is 18.7 Å². The van der Waals surface area contributed by atoms with Crippen molar-refractivity contribution in [1.29, 1.82) is 0 Å². The Balaban J connectivity index is 2.23. The number of hydrogen-bond donors (Lipinski definition) is 1. The van der Waals surface area contributed by atoms with Crippen molar-refractivity contribution in [3.8, 4) is 0 Å². The van der Waals surface area contributed by atoms with E-state index in [-0.39, 0.29) is 6.04 Å². The van der Waals surface area contributed by atoms with Gasteiger partial charge < -0.3 is 5.73 Å². The maximum Gasteiger partial charge on any atom is 0.0945 e. The topological polar surface area (TPSA) is 43.8 Å². The van der Waals surface area contributed by atoms with Crippen LogP contribution in [0.25, 0.3) is 0 Å². The molecule has 2 heterocycles. The molecule has 0 spiro atoms. The van der Waals surface area contributed by atoms with E-state index < -0.39 is 0 Å². The van der Waals surface area contributed by atoms with Gasteiger partial charge in [0.25, 0.3) is 0 Å². The molecule has 0 aromatic carbocycles. The smallest absolute Gasteiger partial charge is 0.0945 e. The lowest BCUT2D eigenvalue weighted by Gasteiger charge is -2.21. The highest BCUT2D eigenvalue weighted by molar-refractivity contribution is 7.99. The second-order valence-electron chi connectivity index (χ2n) is 4.41. The monoisotopic (exact) mass is 281 g/mol. The Kier molecular flexibility index (Phi) is 4.48. The summed E-state index contributed by atoms with van der Waals surface area (Å²) in [5.74, 6) is 0. The molecule has 0 aliphatic carbocycles. The lowest BCUT2D eigenvalue weighted by molar-refractivity contribution is 0.629. The summed E-state index contributed by atoms with van der Waals surface area (Å²) in [6.45, 7) is 4.16. The Bertz CT molecular complexity index is 490. The molecule has 0 saturated heterocycles. The van der Waals surface area contributed by atoms with Crippen LogP contribution in [0.5, 0.6) is 0 Å². The zero-order valence-corrected chi connectivity index (χ0v) is 12.6. The summed E-state index contributed by atoms with van der Waals surface area (Å²) in [6.07, 6.45) is 0.977. The summed E-state index contributed by atoms with van der Waals surface area (Å²) in [4.78, 5) is 0. The highest BCUT2D eigenvalue weighted by atomic mass is 32.2. The number of rotatable bonds is 5. The zero-order valence-electron chi connectivity index (χ0n) is 11.0. The van der Waals surface area contributed by atoms with Crippen LogP contribution in [0, 0.1) is 6.92 Å². The second-order valence-corrected chi connectivity index (χ2v) is 6.36. The molecule has 2 aromatic rings. The van der Waals surface area contributed by atoms with Gasteiger partial charge in [-0.25, -0.2) is 0 Å². The van der Waals surface area contributed by atoms with Crippen LogP contribution in [0.15, 0.2) is 27.9 Å². The molecule has 0 radical (unpaired) electrons. The maximum atomic E-state index is 6.27. The molecule has 2 aromatic heterocycles. The molecule has 0 bridgehead atoms. The zero-order chi connectivity index (χ0) is 13.1. The van der Waals surface area contributed by atoms with E-state index in [9.17, 15) is 0 Å². The molecule has 3 nitrogen and oxygen atoms in total. The van der Waals surface area contributed by atoms with Gasteiger partial charge in [-0.15, -0.1) is 0 Å². The molecule has 0 fully saturated rings. The van der Waals surface area contributed by atoms with E-state index in [1.807, 2.05) is 30.4 Å². The van der Waals surface area contributed by atoms with Gasteiger partial charge in [-0.05, 0) is 41.8 Å². The molecule has 0 aliphatic heterocycles. The van der Waals surface area contributed by atoms with Crippen molar-refractivity contribution in [3.05, 3.63) is 34.2 Å². The van der Waals surface area contributed by atoms with Crippen molar-refractivity contribution in [2.24, 2.45) is 12.8 Å². The third kappa shape index (κ3) is 2.96. The van der Waals surface area contributed by atoms with Crippen LogP contribution in [0.3, 0.4) is 0 Å². The quantitative estimate of drug-likeness (QED) is 0.855. The Morgan fingerprint density at radius 2 is 2.33 bits per heavy atom. The van der Waals surface area contributed by atoms with E-state index in [1.165, 1.54) is 10.6 Å². The molecule has 5 heteroatoms. The molecule has 2 rings (SSSR count). The van der Waals surface area contributed by atoms with E-state index in [4.69, 9.17) is 5.73 Å². The molecular formula is C13H19N3S2. The van der Waals surface area contributed by atoms with Crippen molar-refractivity contribution in [2.75, 3.05) is 0 Å². The number of aromatic nitrogens is 2. The maximum absolute atomic E-state index is 6.27. The second kappa shape index (κ2) is 5.91. The van der Waals surface area contributed by atoms with Crippen molar-refractivity contribution >= 4 is 23.1 Å². The minimum absolute atomic E-state index is 0.166. The fourth-order valence-electron chi connectivity index (χ4n) is 1.88. The number of thiophene rings is 1. The SMILES string of the molecule is CCC(N)C(Sc1cc(C)nn1C)c1ccsc1. The number of aryl methyl sites for hydroxylation is 2. The van der Waals surface area contributed by atoms with Gasteiger partial charge in [-0.2, -0.15) is 16.4 Å². The fourth-order valence-corrected chi connectivity index (χ4v) is 4.01. The van der Waals surface area contributed by atoms with Crippen molar-refractivity contribution in [1.82, 2.24) is 9.78 Å². The first-order valence-electron chi connectivity index (χ1n) is 6.06. The van der Waals surface area contributed by atoms with E-state index in [2.05, 4.69) is 34.9 Å². The number of thioether (sulfide) groups is 1. The lowest BCUT2D eigenvalue weighted by Crippen LogP contribution is -2.25. The number of hydrogen-bond acceptors (Lipinski definition) is 4. The molecule has 0 aliphatic rings. The molecule has 0 saturated carbocycles. The summed E-state index contributed by atoms with van der Waals surface area (Å²) in [5.41, 5.74) is 8.64. The third-order valence-corrected chi connectivity index (χ3v) is 5.14. The number of nitrogens with zero attached hydrogens (tertiary/aromatic N) is 2. The first-order chi connectivity index (χ1) is 8.61. The van der Waals surface area contributed by atoms with Crippen molar-refractivity contribution in [2.45, 2.75) is 36.6 Å². The van der Waals surface area contributed by atoms with Crippen molar-refractivity contribution < 1.29 is 0 Å². The van der Waals surface area contributed by atoms with Gasteiger partial charge in [0.1, 0.15) is 0 Å². The van der Waals surface area contributed by atoms with Crippen LogP contribution in [0.1, 0.15) is 29.9 Å². The molecule has 18 heavy (non-hydrogen) atoms. The molecule has 98 valence electrons. The molecule has 2 unspecified atom stereocenters. The highest BCUT2D eigenvalue weighted by Gasteiger charge is 2.21. The molecule has 2 N–H and O–H groups in total. The van der Waals surface area contributed by atoms with Crippen molar-refractivity contribution in [3.63, 3.8) is 0 Å². The van der Waals surface area contributed by atoms with Gasteiger partial charge in [0.15, 0.2) is 0 Å². The van der Waals surface area contributed by atoms with Crippen LogP contribution in [0.2, 0.25) is 0 Å². The van der Waals surface area contributed by atoms with Gasteiger partial charge in [-0.3, -0.25) is 4.68 Å². The summed E-state index contributed by atoms with van der Waals surface area (Å²) in [7, 11) is 1.98. The average Bonchev–Trinajstić information content (AvgIpc) is 2.95. The summed E-state index contributed by atoms with van der Waals surface area (Å²) in [6, 6.07) is 4.45. The Hall–Kier alpha value is -0.780. The average molecular weight is 281 g/mol. The van der Waals surface area contributed by atoms with Crippen LogP contribution < -0.4 is 5.73 Å². The molecule has 2 atom stereocenters. The van der Waals surface area contributed by atoms with Crippen LogP contribution in [-0.4, -0.2) is 15.8 Å². The van der Waals surface area contributed by atoms with Gasteiger partial charge >= 0.3 is 0 Å². The predicted octanol–water partition coefficient (Wildman–Crippen LogP) is 3.36. The Labute approximate surface area is 116 Å². The predicted molar refractivity (Wildman–Crippen MR) is 79.1 cm³/mol. The van der Waals surface area contributed by atoms with Crippen LogP contribution >= 0.6 is 23.1 Å². The fraction of sp³-hybridized carbons (Fsp3) is 0.462. The first-order valence-corrected chi connectivity index (χ1v) is 7.89. The minimum Gasteiger partial charge on any atom is -0.326 e. The Morgan fingerprint density at radius 1 is 1.56 bits per heavy atom. The van der Waals surface area contributed by atoms with E-state index >= 15 is 0 Å². The van der Waals surface area contributed by atoms with Crippen LogP contribution in [-0.2, 0) is 7.05 Å². The third-order valence-electron chi connectivity index (χ3n) is 2.94. The molecular weight excluding hydrogens is 262 g/mol.